The maximum atomic E-state index is 12.4. The predicted octanol–water partition coefficient (Wildman–Crippen LogP) is 5.32. The number of nitrogens with one attached hydrogen (secondary N) is 1. The number of carbonyl (C=O) groups is 1. The largest absolute Gasteiger partial charge is 0.486 e. The number of nitrogens with zero attached hydrogens (tertiary/aromatic N) is 2. The molecule has 0 radical (unpaired) electrons. The number of halogens is 1. The third-order valence-corrected chi connectivity index (χ3v) is 4.61. The SMILES string of the molecule is Cc1cccc(Cn2ccc(NC(=O)c3ccc(COc4cccc(Cl)c4)o3)n2)c1. The highest BCUT2D eigenvalue weighted by molar-refractivity contribution is 6.30. The van der Waals surface area contributed by atoms with Gasteiger partial charge in [-0.2, -0.15) is 5.10 Å². The lowest BCUT2D eigenvalue weighted by Crippen LogP contribution is -2.12. The lowest BCUT2D eigenvalue weighted by molar-refractivity contribution is 0.0992. The summed E-state index contributed by atoms with van der Waals surface area (Å²) < 4.78 is 13.0. The highest BCUT2D eigenvalue weighted by Gasteiger charge is 2.13. The molecule has 0 aliphatic heterocycles. The summed E-state index contributed by atoms with van der Waals surface area (Å²) in [5.74, 6) is 1.44. The van der Waals surface area contributed by atoms with Crippen LogP contribution < -0.4 is 10.1 Å². The lowest BCUT2D eigenvalue weighted by Gasteiger charge is -2.04. The Hall–Kier alpha value is -3.51. The maximum absolute atomic E-state index is 12.4. The van der Waals surface area contributed by atoms with Gasteiger partial charge in [-0.05, 0) is 42.8 Å². The second-order valence-electron chi connectivity index (χ2n) is 6.85. The molecule has 0 fully saturated rings. The van der Waals surface area contributed by atoms with Gasteiger partial charge < -0.3 is 14.5 Å². The van der Waals surface area contributed by atoms with Crippen molar-refractivity contribution in [2.24, 2.45) is 0 Å². The van der Waals surface area contributed by atoms with Gasteiger partial charge in [0.05, 0.1) is 6.54 Å². The number of amides is 1. The summed E-state index contributed by atoms with van der Waals surface area (Å²) in [5, 5.41) is 7.74. The predicted molar refractivity (Wildman–Crippen MR) is 115 cm³/mol. The van der Waals surface area contributed by atoms with Crippen LogP contribution in [0.3, 0.4) is 0 Å². The van der Waals surface area contributed by atoms with E-state index < -0.39 is 0 Å². The van der Waals surface area contributed by atoms with Crippen molar-refractivity contribution in [3.8, 4) is 5.75 Å². The normalized spacial score (nSPS) is 10.7. The van der Waals surface area contributed by atoms with Crippen LogP contribution in [0.5, 0.6) is 5.75 Å². The number of anilines is 1. The minimum atomic E-state index is -0.371. The van der Waals surface area contributed by atoms with Crippen LogP contribution in [0.25, 0.3) is 0 Å². The monoisotopic (exact) mass is 421 g/mol. The molecule has 0 unspecified atom stereocenters. The standard InChI is InChI=1S/C23H20ClN3O3/c1-16-4-2-5-17(12-16)14-27-11-10-22(26-27)25-23(28)21-9-8-20(30-21)15-29-19-7-3-6-18(24)13-19/h2-13H,14-15H2,1H3,(H,25,26,28). The summed E-state index contributed by atoms with van der Waals surface area (Å²) in [4.78, 5) is 12.4. The van der Waals surface area contributed by atoms with Crippen molar-refractivity contribution in [2.75, 3.05) is 5.32 Å². The van der Waals surface area contributed by atoms with E-state index in [1.807, 2.05) is 18.3 Å². The molecule has 2 aromatic heterocycles. The van der Waals surface area contributed by atoms with E-state index in [1.165, 1.54) is 5.56 Å². The summed E-state index contributed by atoms with van der Waals surface area (Å²) in [6, 6.07) is 20.4. The first-order chi connectivity index (χ1) is 14.5. The smallest absolute Gasteiger partial charge is 0.292 e. The first-order valence-electron chi connectivity index (χ1n) is 9.42. The third kappa shape index (κ3) is 5.10. The van der Waals surface area contributed by atoms with Crippen molar-refractivity contribution in [3.05, 3.63) is 101 Å². The van der Waals surface area contributed by atoms with E-state index in [0.29, 0.717) is 28.9 Å². The number of rotatable bonds is 7. The van der Waals surface area contributed by atoms with Crippen molar-refractivity contribution in [3.63, 3.8) is 0 Å². The summed E-state index contributed by atoms with van der Waals surface area (Å²) >= 11 is 5.94. The van der Waals surface area contributed by atoms with Gasteiger partial charge in [-0.25, -0.2) is 0 Å². The molecule has 2 heterocycles. The fourth-order valence-corrected chi connectivity index (χ4v) is 3.16. The van der Waals surface area contributed by atoms with E-state index in [1.54, 1.807) is 47.1 Å². The van der Waals surface area contributed by atoms with Crippen LogP contribution in [0.1, 0.15) is 27.4 Å². The van der Waals surface area contributed by atoms with Gasteiger partial charge >= 0.3 is 0 Å². The summed E-state index contributed by atoms with van der Waals surface area (Å²) in [6.07, 6.45) is 1.82. The molecule has 1 amide bonds. The zero-order valence-corrected chi connectivity index (χ0v) is 17.1. The van der Waals surface area contributed by atoms with Gasteiger partial charge in [0.15, 0.2) is 11.6 Å². The van der Waals surface area contributed by atoms with Crippen LogP contribution in [0, 0.1) is 6.92 Å². The van der Waals surface area contributed by atoms with Gasteiger partial charge in [0.25, 0.3) is 5.91 Å². The van der Waals surface area contributed by atoms with E-state index in [2.05, 4.69) is 29.5 Å². The minimum absolute atomic E-state index is 0.188. The van der Waals surface area contributed by atoms with Crippen LogP contribution in [0.15, 0.2) is 77.3 Å². The molecule has 7 heteroatoms. The molecule has 0 aliphatic rings. The van der Waals surface area contributed by atoms with Gasteiger partial charge in [0.1, 0.15) is 18.1 Å². The Morgan fingerprint density at radius 1 is 1.13 bits per heavy atom. The van der Waals surface area contributed by atoms with Crippen LogP contribution >= 0.6 is 11.6 Å². The number of aromatic nitrogens is 2. The highest BCUT2D eigenvalue weighted by atomic mass is 35.5. The Kier molecular flexibility index (Phi) is 5.86. The highest BCUT2D eigenvalue weighted by Crippen LogP contribution is 2.19. The Morgan fingerprint density at radius 2 is 2.00 bits per heavy atom. The molecule has 0 saturated heterocycles. The molecule has 6 nitrogen and oxygen atoms in total. The van der Waals surface area contributed by atoms with Gasteiger partial charge in [-0.15, -0.1) is 0 Å². The van der Waals surface area contributed by atoms with Gasteiger partial charge in [0.2, 0.25) is 0 Å². The molecule has 0 aliphatic carbocycles. The number of hydrogen-bond donors (Lipinski definition) is 1. The zero-order valence-electron chi connectivity index (χ0n) is 16.3. The quantitative estimate of drug-likeness (QED) is 0.438. The number of hydrogen-bond acceptors (Lipinski definition) is 4. The Labute approximate surface area is 179 Å². The first-order valence-corrected chi connectivity index (χ1v) is 9.80. The second-order valence-corrected chi connectivity index (χ2v) is 7.29. The number of furan rings is 1. The van der Waals surface area contributed by atoms with E-state index in [0.717, 1.165) is 5.56 Å². The van der Waals surface area contributed by atoms with Crippen LogP contribution in [-0.4, -0.2) is 15.7 Å². The fourth-order valence-electron chi connectivity index (χ4n) is 2.98. The Morgan fingerprint density at radius 3 is 2.83 bits per heavy atom. The van der Waals surface area contributed by atoms with Gasteiger partial charge in [-0.3, -0.25) is 9.48 Å². The molecule has 0 spiro atoms. The number of benzene rings is 2. The van der Waals surface area contributed by atoms with E-state index in [-0.39, 0.29) is 18.3 Å². The molecule has 2 aromatic carbocycles. The van der Waals surface area contributed by atoms with Gasteiger partial charge in [-0.1, -0.05) is 47.5 Å². The zero-order chi connectivity index (χ0) is 20.9. The van der Waals surface area contributed by atoms with Gasteiger partial charge in [0, 0.05) is 17.3 Å². The molecular weight excluding hydrogens is 402 g/mol. The molecule has 4 rings (SSSR count). The summed E-state index contributed by atoms with van der Waals surface area (Å²) in [7, 11) is 0. The number of ether oxygens (including phenoxy) is 1. The van der Waals surface area contributed by atoms with Crippen molar-refractivity contribution < 1.29 is 13.9 Å². The number of aryl methyl sites for hydroxylation is 1. The molecule has 0 saturated carbocycles. The first kappa shape index (κ1) is 19.8. The molecule has 4 aromatic rings. The number of carbonyl (C=O) groups excluding carboxylic acids is 1. The second kappa shape index (κ2) is 8.88. The average molecular weight is 422 g/mol. The average Bonchev–Trinajstić information content (AvgIpc) is 3.36. The van der Waals surface area contributed by atoms with Crippen molar-refractivity contribution in [1.29, 1.82) is 0 Å². The Balaban J connectivity index is 1.34. The van der Waals surface area contributed by atoms with Crippen molar-refractivity contribution in [1.82, 2.24) is 9.78 Å². The lowest BCUT2D eigenvalue weighted by atomic mass is 10.1. The molecular formula is C23H20ClN3O3. The minimum Gasteiger partial charge on any atom is -0.486 e. The van der Waals surface area contributed by atoms with Crippen molar-refractivity contribution in [2.45, 2.75) is 20.1 Å². The summed E-state index contributed by atoms with van der Waals surface area (Å²) in [6.45, 7) is 2.87. The van der Waals surface area contributed by atoms with Crippen molar-refractivity contribution >= 4 is 23.3 Å². The summed E-state index contributed by atoms with van der Waals surface area (Å²) in [5.41, 5.74) is 2.34. The third-order valence-electron chi connectivity index (χ3n) is 4.37. The van der Waals surface area contributed by atoms with Crippen LogP contribution in [0.4, 0.5) is 5.82 Å². The van der Waals surface area contributed by atoms with Crippen LogP contribution in [-0.2, 0) is 13.2 Å². The van der Waals surface area contributed by atoms with E-state index in [4.69, 9.17) is 20.8 Å². The molecule has 0 bridgehead atoms. The molecule has 1 N–H and O–H groups in total. The van der Waals surface area contributed by atoms with E-state index in [9.17, 15) is 4.79 Å². The molecule has 152 valence electrons. The van der Waals surface area contributed by atoms with Crippen LogP contribution in [0.2, 0.25) is 5.02 Å². The topological polar surface area (TPSA) is 69.3 Å². The molecule has 0 atom stereocenters. The maximum Gasteiger partial charge on any atom is 0.292 e. The fraction of sp³-hybridized carbons (Fsp3) is 0.130. The molecule has 30 heavy (non-hydrogen) atoms. The Bertz CT molecular complexity index is 1170. The van der Waals surface area contributed by atoms with E-state index >= 15 is 0 Å².